The molecular formula is C20H22FN5O. The van der Waals surface area contributed by atoms with Crippen LogP contribution in [0.2, 0.25) is 0 Å². The Morgan fingerprint density at radius 1 is 1.30 bits per heavy atom. The number of hydrogen-bond acceptors (Lipinski definition) is 3. The summed E-state index contributed by atoms with van der Waals surface area (Å²) in [5, 5.41) is 5.16. The molecule has 3 rings (SSSR count). The van der Waals surface area contributed by atoms with Crippen LogP contribution in [-0.4, -0.2) is 30.8 Å². The molecule has 0 bridgehead atoms. The molecule has 3 aromatic rings. The Bertz CT molecular complexity index is 976. The minimum absolute atomic E-state index is 0.224. The number of aliphatic imine (C=N–C) groups is 1. The smallest absolute Gasteiger partial charge is 0.209 e. The zero-order chi connectivity index (χ0) is 19.2. The number of halogens is 1. The van der Waals surface area contributed by atoms with Crippen LogP contribution in [0.25, 0.3) is 10.9 Å². The molecule has 0 aliphatic carbocycles. The number of nitrogens with zero attached hydrogens (tertiary/aromatic N) is 2. The molecule has 27 heavy (non-hydrogen) atoms. The number of methoxy groups -OCH3 is 1. The standard InChI is InChI=1S/C20H22FN5O/c1-13-9-17(27-2)10-18-15(11-24-19(13)18)12-25-26-20(22)23-8-7-14-3-5-16(21)6-4-14/h3-6,9-12,24H,7-8H2,1-2H3,(H3,22,23,26)/b25-12+. The lowest BCUT2D eigenvalue weighted by Crippen LogP contribution is -2.27. The molecule has 0 atom stereocenters. The molecule has 0 aliphatic heterocycles. The number of guanidine groups is 1. The molecule has 0 amide bonds. The van der Waals surface area contributed by atoms with E-state index in [0.29, 0.717) is 13.0 Å². The van der Waals surface area contributed by atoms with Gasteiger partial charge < -0.3 is 15.5 Å². The van der Waals surface area contributed by atoms with Gasteiger partial charge >= 0.3 is 0 Å². The zero-order valence-electron chi connectivity index (χ0n) is 15.3. The summed E-state index contributed by atoms with van der Waals surface area (Å²) >= 11 is 0. The highest BCUT2D eigenvalue weighted by Gasteiger charge is 2.06. The SMILES string of the molecule is COc1cc(C)c2[nH]cc(/C=N/NC(N)=NCCc3ccc(F)cc3)c2c1. The topological polar surface area (TPSA) is 87.8 Å². The molecule has 0 fully saturated rings. The van der Waals surface area contributed by atoms with E-state index in [-0.39, 0.29) is 11.8 Å². The second-order valence-electron chi connectivity index (χ2n) is 6.12. The largest absolute Gasteiger partial charge is 0.497 e. The van der Waals surface area contributed by atoms with Gasteiger partial charge in [-0.1, -0.05) is 12.1 Å². The van der Waals surface area contributed by atoms with Crippen LogP contribution in [0.4, 0.5) is 4.39 Å². The predicted octanol–water partition coefficient (Wildman–Crippen LogP) is 3.10. The number of nitrogens with two attached hydrogens (primary N) is 1. The summed E-state index contributed by atoms with van der Waals surface area (Å²) in [6, 6.07) is 10.3. The summed E-state index contributed by atoms with van der Waals surface area (Å²) in [7, 11) is 1.64. The number of hydrogen-bond donors (Lipinski definition) is 3. The number of hydrazone groups is 1. The fourth-order valence-electron chi connectivity index (χ4n) is 2.79. The normalized spacial score (nSPS) is 12.0. The van der Waals surface area contributed by atoms with E-state index in [4.69, 9.17) is 10.5 Å². The molecule has 4 N–H and O–H groups in total. The van der Waals surface area contributed by atoms with Gasteiger partial charge in [0.15, 0.2) is 0 Å². The van der Waals surface area contributed by atoms with E-state index in [0.717, 1.165) is 33.3 Å². The van der Waals surface area contributed by atoms with Crippen molar-refractivity contribution < 1.29 is 9.13 Å². The molecule has 0 radical (unpaired) electrons. The van der Waals surface area contributed by atoms with Crippen LogP contribution >= 0.6 is 0 Å². The van der Waals surface area contributed by atoms with Gasteiger partial charge in [-0.2, -0.15) is 5.10 Å². The number of benzene rings is 2. The van der Waals surface area contributed by atoms with E-state index < -0.39 is 0 Å². The van der Waals surface area contributed by atoms with Crippen molar-refractivity contribution in [3.63, 3.8) is 0 Å². The van der Waals surface area contributed by atoms with Crippen LogP contribution in [-0.2, 0) is 6.42 Å². The van der Waals surface area contributed by atoms with Gasteiger partial charge in [-0.25, -0.2) is 9.82 Å². The summed E-state index contributed by atoms with van der Waals surface area (Å²) in [6.07, 6.45) is 4.23. The second kappa shape index (κ2) is 8.35. The molecule has 6 nitrogen and oxygen atoms in total. The third kappa shape index (κ3) is 4.63. The Kier molecular flexibility index (Phi) is 5.71. The maximum atomic E-state index is 12.9. The van der Waals surface area contributed by atoms with Crippen molar-refractivity contribution in [1.29, 1.82) is 0 Å². The van der Waals surface area contributed by atoms with Crippen LogP contribution in [0.5, 0.6) is 5.75 Å². The third-order valence-electron chi connectivity index (χ3n) is 4.21. The lowest BCUT2D eigenvalue weighted by Gasteiger charge is -2.03. The van der Waals surface area contributed by atoms with Gasteiger partial charge in [0, 0.05) is 29.2 Å². The highest BCUT2D eigenvalue weighted by Crippen LogP contribution is 2.26. The van der Waals surface area contributed by atoms with Gasteiger partial charge in [-0.15, -0.1) is 0 Å². The van der Waals surface area contributed by atoms with Crippen LogP contribution in [0.15, 0.2) is 52.7 Å². The highest BCUT2D eigenvalue weighted by atomic mass is 19.1. The molecule has 140 valence electrons. The van der Waals surface area contributed by atoms with E-state index in [1.165, 1.54) is 12.1 Å². The van der Waals surface area contributed by atoms with Crippen molar-refractivity contribution in [2.45, 2.75) is 13.3 Å². The lowest BCUT2D eigenvalue weighted by atomic mass is 10.1. The minimum Gasteiger partial charge on any atom is -0.497 e. The zero-order valence-corrected chi connectivity index (χ0v) is 15.3. The summed E-state index contributed by atoms with van der Waals surface area (Å²) in [4.78, 5) is 7.45. The number of aromatic nitrogens is 1. The number of aryl methyl sites for hydroxylation is 1. The van der Waals surface area contributed by atoms with Crippen molar-refractivity contribution in [1.82, 2.24) is 10.4 Å². The van der Waals surface area contributed by atoms with Crippen molar-refractivity contribution in [3.05, 3.63) is 65.1 Å². The Labute approximate surface area is 156 Å². The van der Waals surface area contributed by atoms with Crippen molar-refractivity contribution in [2.75, 3.05) is 13.7 Å². The molecule has 0 spiro atoms. The lowest BCUT2D eigenvalue weighted by molar-refractivity contribution is 0.415. The van der Waals surface area contributed by atoms with Crippen molar-refractivity contribution >= 4 is 23.1 Å². The number of ether oxygens (including phenoxy) is 1. The summed E-state index contributed by atoms with van der Waals surface area (Å²) in [6.45, 7) is 2.51. The Balaban J connectivity index is 1.60. The van der Waals surface area contributed by atoms with Gasteiger partial charge in [-0.3, -0.25) is 4.99 Å². The molecular weight excluding hydrogens is 345 g/mol. The van der Waals surface area contributed by atoms with E-state index in [1.54, 1.807) is 25.5 Å². The molecule has 1 aromatic heterocycles. The number of rotatable bonds is 6. The molecule has 0 saturated heterocycles. The molecule has 1 heterocycles. The molecule has 0 unspecified atom stereocenters. The van der Waals surface area contributed by atoms with Gasteiger partial charge in [0.1, 0.15) is 11.6 Å². The average molecular weight is 367 g/mol. The fourth-order valence-corrected chi connectivity index (χ4v) is 2.79. The molecule has 0 aliphatic rings. The van der Waals surface area contributed by atoms with Crippen LogP contribution < -0.4 is 15.9 Å². The first-order valence-electron chi connectivity index (χ1n) is 8.56. The van der Waals surface area contributed by atoms with Crippen LogP contribution in [0, 0.1) is 12.7 Å². The van der Waals surface area contributed by atoms with Crippen molar-refractivity contribution in [3.8, 4) is 5.75 Å². The minimum atomic E-state index is -0.247. The van der Waals surface area contributed by atoms with Gasteiger partial charge in [0.05, 0.1) is 13.3 Å². The predicted molar refractivity (Wildman–Crippen MR) is 107 cm³/mol. The fraction of sp³-hybridized carbons (Fsp3) is 0.200. The molecule has 0 saturated carbocycles. The number of H-pyrrole nitrogens is 1. The number of aromatic amines is 1. The molecule has 2 aromatic carbocycles. The monoisotopic (exact) mass is 367 g/mol. The van der Waals surface area contributed by atoms with E-state index in [9.17, 15) is 4.39 Å². The maximum Gasteiger partial charge on any atom is 0.209 e. The van der Waals surface area contributed by atoms with Gasteiger partial charge in [-0.05, 0) is 48.7 Å². The first-order valence-corrected chi connectivity index (χ1v) is 8.56. The Morgan fingerprint density at radius 3 is 2.81 bits per heavy atom. The quantitative estimate of drug-likeness (QED) is 0.355. The molecule has 7 heteroatoms. The van der Waals surface area contributed by atoms with E-state index >= 15 is 0 Å². The number of nitrogens with one attached hydrogen (secondary N) is 2. The van der Waals surface area contributed by atoms with Crippen molar-refractivity contribution in [2.24, 2.45) is 15.8 Å². The summed E-state index contributed by atoms with van der Waals surface area (Å²) in [5.74, 6) is 0.772. The Hall–Kier alpha value is -3.35. The first kappa shape index (κ1) is 18.4. The number of fused-ring (bicyclic) bond motifs is 1. The van der Waals surface area contributed by atoms with Crippen LogP contribution in [0.1, 0.15) is 16.7 Å². The summed E-state index contributed by atoms with van der Waals surface area (Å²) in [5.41, 5.74) is 12.6. The van der Waals surface area contributed by atoms with Crippen LogP contribution in [0.3, 0.4) is 0 Å². The first-order chi connectivity index (χ1) is 13.1. The van der Waals surface area contributed by atoms with E-state index in [2.05, 4.69) is 20.5 Å². The average Bonchev–Trinajstić information content (AvgIpc) is 3.07. The van der Waals surface area contributed by atoms with Gasteiger partial charge in [0.2, 0.25) is 5.96 Å². The second-order valence-corrected chi connectivity index (χ2v) is 6.12. The summed E-state index contributed by atoms with van der Waals surface area (Å²) < 4.78 is 18.2. The maximum absolute atomic E-state index is 12.9. The third-order valence-corrected chi connectivity index (χ3v) is 4.21. The van der Waals surface area contributed by atoms with Gasteiger partial charge in [0.25, 0.3) is 0 Å². The van der Waals surface area contributed by atoms with E-state index in [1.807, 2.05) is 25.3 Å². The Morgan fingerprint density at radius 2 is 2.07 bits per heavy atom. The highest BCUT2D eigenvalue weighted by molar-refractivity contribution is 6.01.